The van der Waals surface area contributed by atoms with Gasteiger partial charge in [-0.05, 0) is 6.92 Å². The fourth-order valence-electron chi connectivity index (χ4n) is 0.724. The molecule has 1 aliphatic rings. The van der Waals surface area contributed by atoms with E-state index in [0.29, 0.717) is 0 Å². The van der Waals surface area contributed by atoms with E-state index in [1.54, 1.807) is 0 Å². The average Bonchev–Trinajstić information content (AvgIpc) is 1.97. The molecule has 1 aliphatic heterocycles. The number of carbonyl (C=O) groups excluding carboxylic acids is 2. The summed E-state index contributed by atoms with van der Waals surface area (Å²) in [5.41, 5.74) is 0. The van der Waals surface area contributed by atoms with Crippen LogP contribution in [0.4, 0.5) is 0 Å². The molecular weight excluding hydrogens is 146 g/mol. The lowest BCUT2D eigenvalue weighted by Gasteiger charge is -2.22. The molecule has 1 fully saturated rings. The first-order valence-corrected chi connectivity index (χ1v) is 3.12. The van der Waals surface area contributed by atoms with E-state index in [4.69, 9.17) is 6.42 Å². The fraction of sp³-hybridized carbons (Fsp3) is 0.429. The Balaban J connectivity index is 2.72. The zero-order valence-electron chi connectivity index (χ0n) is 5.96. The summed E-state index contributed by atoms with van der Waals surface area (Å²) in [6.07, 6.45) is 4.21. The Morgan fingerprint density at radius 2 is 2.27 bits per heavy atom. The molecule has 4 nitrogen and oxygen atoms in total. The number of terminal acetylenes is 1. The normalized spacial score (nSPS) is 30.2. The van der Waals surface area contributed by atoms with Crippen molar-refractivity contribution in [2.75, 3.05) is 0 Å². The molecule has 1 rings (SSSR count). The number of ether oxygens (including phenoxy) is 1. The standard InChI is InChI=1S/C7H7NO3/c1-3-5-7(10)11-4(2)6(9)8-5/h1,4-5H,2H3,(H,8,9)/t4?,5-/m1/s1. The van der Waals surface area contributed by atoms with Crippen LogP contribution in [0.5, 0.6) is 0 Å². The van der Waals surface area contributed by atoms with Gasteiger partial charge >= 0.3 is 5.97 Å². The Bertz CT molecular complexity index is 241. The Hall–Kier alpha value is -1.50. The maximum Gasteiger partial charge on any atom is 0.342 e. The SMILES string of the molecule is C#C[C@H]1NC(=O)C(C)OC1=O. The Morgan fingerprint density at radius 1 is 1.64 bits per heavy atom. The second-order valence-corrected chi connectivity index (χ2v) is 2.19. The van der Waals surface area contributed by atoms with Gasteiger partial charge in [0.1, 0.15) is 0 Å². The maximum absolute atomic E-state index is 10.8. The Morgan fingerprint density at radius 3 is 2.82 bits per heavy atom. The first-order chi connectivity index (χ1) is 5.15. The number of nitrogens with one attached hydrogen (secondary N) is 1. The molecule has 1 amide bonds. The van der Waals surface area contributed by atoms with Gasteiger partial charge in [0.05, 0.1) is 0 Å². The van der Waals surface area contributed by atoms with Crippen molar-refractivity contribution in [2.24, 2.45) is 0 Å². The van der Waals surface area contributed by atoms with Crippen LogP contribution in [0.2, 0.25) is 0 Å². The number of carbonyl (C=O) groups is 2. The van der Waals surface area contributed by atoms with Crippen LogP contribution in [0.3, 0.4) is 0 Å². The number of cyclic esters (lactones) is 1. The van der Waals surface area contributed by atoms with Crippen molar-refractivity contribution in [3.63, 3.8) is 0 Å². The number of hydrogen-bond acceptors (Lipinski definition) is 3. The first kappa shape index (κ1) is 7.61. The van der Waals surface area contributed by atoms with Gasteiger partial charge in [-0.3, -0.25) is 4.79 Å². The molecule has 0 aromatic rings. The minimum absolute atomic E-state index is 0.354. The summed E-state index contributed by atoms with van der Waals surface area (Å²) in [6.45, 7) is 1.49. The predicted molar refractivity (Wildman–Crippen MR) is 36.3 cm³/mol. The molecule has 11 heavy (non-hydrogen) atoms. The van der Waals surface area contributed by atoms with Gasteiger partial charge in [-0.1, -0.05) is 5.92 Å². The molecule has 1 unspecified atom stereocenters. The molecule has 0 spiro atoms. The molecule has 0 aromatic carbocycles. The minimum Gasteiger partial charge on any atom is -0.450 e. The third kappa shape index (κ3) is 1.32. The molecule has 0 saturated carbocycles. The Labute approximate surface area is 63.9 Å². The fourth-order valence-corrected chi connectivity index (χ4v) is 0.724. The number of amides is 1. The highest BCUT2D eigenvalue weighted by atomic mass is 16.6. The maximum atomic E-state index is 10.8. The van der Waals surface area contributed by atoms with Gasteiger partial charge in [0.2, 0.25) is 0 Å². The minimum atomic E-state index is -0.918. The molecule has 4 heteroatoms. The lowest BCUT2D eigenvalue weighted by atomic mass is 10.2. The van der Waals surface area contributed by atoms with Crippen molar-refractivity contribution in [3.05, 3.63) is 0 Å². The highest BCUT2D eigenvalue weighted by Crippen LogP contribution is 2.02. The summed E-state index contributed by atoms with van der Waals surface area (Å²) in [5, 5.41) is 2.32. The van der Waals surface area contributed by atoms with Gasteiger partial charge in [-0.15, -0.1) is 6.42 Å². The van der Waals surface area contributed by atoms with E-state index >= 15 is 0 Å². The molecule has 0 aromatic heterocycles. The van der Waals surface area contributed by atoms with Crippen LogP contribution in [-0.4, -0.2) is 24.0 Å². The Kier molecular flexibility index (Phi) is 1.81. The van der Waals surface area contributed by atoms with E-state index in [1.165, 1.54) is 6.92 Å². The van der Waals surface area contributed by atoms with Gasteiger partial charge in [0.25, 0.3) is 5.91 Å². The van der Waals surface area contributed by atoms with Crippen molar-refractivity contribution in [1.82, 2.24) is 5.32 Å². The van der Waals surface area contributed by atoms with Crippen molar-refractivity contribution in [3.8, 4) is 12.3 Å². The molecular formula is C7H7NO3. The summed E-state index contributed by atoms with van der Waals surface area (Å²) >= 11 is 0. The van der Waals surface area contributed by atoms with E-state index in [9.17, 15) is 9.59 Å². The summed E-state index contributed by atoms with van der Waals surface area (Å²) < 4.78 is 4.61. The van der Waals surface area contributed by atoms with E-state index < -0.39 is 18.1 Å². The summed E-state index contributed by atoms with van der Waals surface area (Å²) in [5.74, 6) is 1.17. The zero-order chi connectivity index (χ0) is 8.43. The van der Waals surface area contributed by atoms with Crippen LogP contribution in [0.1, 0.15) is 6.92 Å². The van der Waals surface area contributed by atoms with Gasteiger partial charge in [0.15, 0.2) is 12.1 Å². The average molecular weight is 153 g/mol. The monoisotopic (exact) mass is 153 g/mol. The molecule has 0 radical (unpaired) electrons. The largest absolute Gasteiger partial charge is 0.450 e. The van der Waals surface area contributed by atoms with E-state index in [0.717, 1.165) is 0 Å². The second-order valence-electron chi connectivity index (χ2n) is 2.19. The van der Waals surface area contributed by atoms with Gasteiger partial charge in [-0.2, -0.15) is 0 Å². The van der Waals surface area contributed by atoms with Crippen molar-refractivity contribution < 1.29 is 14.3 Å². The second kappa shape index (κ2) is 2.62. The zero-order valence-corrected chi connectivity index (χ0v) is 5.96. The smallest absolute Gasteiger partial charge is 0.342 e. The summed E-state index contributed by atoms with van der Waals surface area (Å²) in [7, 11) is 0. The van der Waals surface area contributed by atoms with E-state index in [2.05, 4.69) is 16.0 Å². The lowest BCUT2D eigenvalue weighted by Crippen LogP contribution is -2.52. The van der Waals surface area contributed by atoms with E-state index in [-0.39, 0.29) is 5.91 Å². The molecule has 1 saturated heterocycles. The van der Waals surface area contributed by atoms with Crippen LogP contribution in [-0.2, 0) is 14.3 Å². The van der Waals surface area contributed by atoms with Crippen LogP contribution in [0.25, 0.3) is 0 Å². The number of morpholine rings is 1. The summed E-state index contributed by atoms with van der Waals surface area (Å²) in [6, 6.07) is -0.918. The van der Waals surface area contributed by atoms with Gasteiger partial charge in [-0.25, -0.2) is 4.79 Å². The molecule has 58 valence electrons. The van der Waals surface area contributed by atoms with Crippen LogP contribution in [0, 0.1) is 12.3 Å². The van der Waals surface area contributed by atoms with Crippen LogP contribution >= 0.6 is 0 Å². The summed E-state index contributed by atoms with van der Waals surface area (Å²) in [4.78, 5) is 21.6. The third-order valence-electron chi connectivity index (χ3n) is 1.35. The lowest BCUT2D eigenvalue weighted by molar-refractivity contribution is -0.162. The first-order valence-electron chi connectivity index (χ1n) is 3.12. The van der Waals surface area contributed by atoms with Crippen molar-refractivity contribution in [2.45, 2.75) is 19.1 Å². The molecule has 1 N–H and O–H groups in total. The van der Waals surface area contributed by atoms with Gasteiger partial charge in [0, 0.05) is 0 Å². The van der Waals surface area contributed by atoms with Crippen molar-refractivity contribution in [1.29, 1.82) is 0 Å². The highest BCUT2D eigenvalue weighted by molar-refractivity contribution is 5.94. The third-order valence-corrected chi connectivity index (χ3v) is 1.35. The number of esters is 1. The highest BCUT2D eigenvalue weighted by Gasteiger charge is 2.31. The molecule has 2 atom stereocenters. The number of hydrogen-bond donors (Lipinski definition) is 1. The quantitative estimate of drug-likeness (QED) is 0.360. The van der Waals surface area contributed by atoms with E-state index in [1.807, 2.05) is 0 Å². The topological polar surface area (TPSA) is 55.4 Å². The molecule has 1 heterocycles. The van der Waals surface area contributed by atoms with Gasteiger partial charge < -0.3 is 10.1 Å². The van der Waals surface area contributed by atoms with Crippen LogP contribution in [0.15, 0.2) is 0 Å². The van der Waals surface area contributed by atoms with Crippen LogP contribution < -0.4 is 5.32 Å². The molecule has 0 bridgehead atoms. The number of rotatable bonds is 0. The predicted octanol–water partition coefficient (Wildman–Crippen LogP) is -0.950. The molecule has 0 aliphatic carbocycles. The van der Waals surface area contributed by atoms with Crippen molar-refractivity contribution >= 4 is 11.9 Å².